The lowest BCUT2D eigenvalue weighted by Crippen LogP contribution is -2.50. The highest BCUT2D eigenvalue weighted by Gasteiger charge is 2.31. The Morgan fingerprint density at radius 1 is 1.44 bits per heavy atom. The lowest BCUT2D eigenvalue weighted by Gasteiger charge is -2.32. The molecule has 3 N–H and O–H groups in total. The van der Waals surface area contributed by atoms with Gasteiger partial charge in [-0.3, -0.25) is 0 Å². The molecule has 1 aromatic rings. The van der Waals surface area contributed by atoms with Gasteiger partial charge in [0.2, 0.25) is 10.0 Å². The van der Waals surface area contributed by atoms with Gasteiger partial charge in [0, 0.05) is 12.1 Å². The van der Waals surface area contributed by atoms with E-state index in [2.05, 4.69) is 4.72 Å². The first-order chi connectivity index (χ1) is 8.42. The van der Waals surface area contributed by atoms with Gasteiger partial charge < -0.3 is 5.73 Å². The van der Waals surface area contributed by atoms with Gasteiger partial charge in [-0.25, -0.2) is 13.1 Å². The molecule has 0 amide bonds. The lowest BCUT2D eigenvalue weighted by molar-refractivity contribution is 0.327. The van der Waals surface area contributed by atoms with Crippen LogP contribution in [-0.4, -0.2) is 20.5 Å². The number of benzene rings is 1. The summed E-state index contributed by atoms with van der Waals surface area (Å²) in [6.45, 7) is 0. The highest BCUT2D eigenvalue weighted by molar-refractivity contribution is 7.89. The third-order valence-corrected chi connectivity index (χ3v) is 4.85. The molecule has 0 bridgehead atoms. The Bertz CT molecular complexity index is 603. The van der Waals surface area contributed by atoms with Crippen molar-refractivity contribution in [1.29, 1.82) is 5.26 Å². The van der Waals surface area contributed by atoms with Gasteiger partial charge in [0.1, 0.15) is 4.90 Å². The topological polar surface area (TPSA) is 96.0 Å². The van der Waals surface area contributed by atoms with Crippen LogP contribution in [0.15, 0.2) is 23.1 Å². The van der Waals surface area contributed by atoms with Gasteiger partial charge in [-0.2, -0.15) is 5.26 Å². The summed E-state index contributed by atoms with van der Waals surface area (Å²) in [7, 11) is -3.70. The van der Waals surface area contributed by atoms with Crippen molar-refractivity contribution in [2.45, 2.75) is 29.8 Å². The van der Waals surface area contributed by atoms with Gasteiger partial charge in [0.05, 0.1) is 16.7 Å². The second kappa shape index (κ2) is 4.86. The van der Waals surface area contributed by atoms with Crippen LogP contribution >= 0.6 is 11.6 Å². The van der Waals surface area contributed by atoms with E-state index in [9.17, 15) is 8.42 Å². The minimum absolute atomic E-state index is 0.0543. The van der Waals surface area contributed by atoms with Gasteiger partial charge in [0.25, 0.3) is 0 Å². The average molecular weight is 286 g/mol. The van der Waals surface area contributed by atoms with Crippen LogP contribution in [0.3, 0.4) is 0 Å². The zero-order chi connectivity index (χ0) is 13.3. The summed E-state index contributed by atoms with van der Waals surface area (Å²) in [6.07, 6.45) is 1.24. The molecule has 0 atom stereocenters. The van der Waals surface area contributed by atoms with Crippen molar-refractivity contribution < 1.29 is 8.42 Å². The number of nitriles is 1. The summed E-state index contributed by atoms with van der Waals surface area (Å²) in [4.78, 5) is -0.0660. The summed E-state index contributed by atoms with van der Waals surface area (Å²) >= 11 is 5.86. The average Bonchev–Trinajstić information content (AvgIpc) is 2.27. The number of sulfonamides is 1. The van der Waals surface area contributed by atoms with Gasteiger partial charge in [-0.15, -0.1) is 0 Å². The highest BCUT2D eigenvalue weighted by atomic mass is 35.5. The van der Waals surface area contributed by atoms with E-state index in [4.69, 9.17) is 22.6 Å². The van der Waals surface area contributed by atoms with Crippen LogP contribution in [-0.2, 0) is 10.0 Å². The maximum Gasteiger partial charge on any atom is 0.242 e. The summed E-state index contributed by atoms with van der Waals surface area (Å²) in [6, 6.07) is 5.94. The van der Waals surface area contributed by atoms with Crippen molar-refractivity contribution in [2.24, 2.45) is 5.73 Å². The van der Waals surface area contributed by atoms with Crippen molar-refractivity contribution in [2.75, 3.05) is 0 Å². The molecule has 1 aliphatic carbocycles. The van der Waals surface area contributed by atoms with Crippen LogP contribution in [0, 0.1) is 11.3 Å². The molecule has 0 unspecified atom stereocenters. The molecule has 0 saturated heterocycles. The number of nitrogens with two attached hydrogens (primary N) is 1. The Hall–Kier alpha value is -1.13. The molecule has 2 rings (SSSR count). The molecule has 5 nitrogen and oxygen atoms in total. The Morgan fingerprint density at radius 3 is 2.67 bits per heavy atom. The van der Waals surface area contributed by atoms with E-state index >= 15 is 0 Å². The molecular weight excluding hydrogens is 274 g/mol. The Morgan fingerprint density at radius 2 is 2.11 bits per heavy atom. The lowest BCUT2D eigenvalue weighted by atomic mass is 9.89. The predicted octanol–water partition coefficient (Wildman–Crippen LogP) is 0.980. The zero-order valence-electron chi connectivity index (χ0n) is 9.43. The maximum atomic E-state index is 12.1. The largest absolute Gasteiger partial charge is 0.328 e. The maximum absolute atomic E-state index is 12.1. The minimum atomic E-state index is -3.70. The van der Waals surface area contributed by atoms with E-state index in [0.717, 1.165) is 0 Å². The van der Waals surface area contributed by atoms with E-state index in [1.807, 2.05) is 6.07 Å². The van der Waals surface area contributed by atoms with Crippen LogP contribution in [0.4, 0.5) is 0 Å². The smallest absolute Gasteiger partial charge is 0.242 e. The number of hydrogen-bond acceptors (Lipinski definition) is 4. The van der Waals surface area contributed by atoms with Crippen LogP contribution in [0.5, 0.6) is 0 Å². The Labute approximate surface area is 111 Å². The minimum Gasteiger partial charge on any atom is -0.328 e. The number of halogens is 1. The fourth-order valence-electron chi connectivity index (χ4n) is 1.82. The Kier molecular flexibility index (Phi) is 3.59. The molecule has 96 valence electrons. The summed E-state index contributed by atoms with van der Waals surface area (Å²) in [5.74, 6) is 0. The molecule has 1 saturated carbocycles. The molecule has 1 fully saturated rings. The fraction of sp³-hybridized carbons (Fsp3) is 0.364. The second-order valence-electron chi connectivity index (χ2n) is 4.31. The van der Waals surface area contributed by atoms with E-state index in [1.54, 1.807) is 0 Å². The van der Waals surface area contributed by atoms with Crippen molar-refractivity contribution in [3.63, 3.8) is 0 Å². The van der Waals surface area contributed by atoms with Gasteiger partial charge in [0.15, 0.2) is 0 Å². The molecule has 18 heavy (non-hydrogen) atoms. The highest BCUT2D eigenvalue weighted by Crippen LogP contribution is 2.25. The molecule has 0 heterocycles. The first-order valence-electron chi connectivity index (χ1n) is 5.40. The predicted molar refractivity (Wildman–Crippen MR) is 67.5 cm³/mol. The summed E-state index contributed by atoms with van der Waals surface area (Å²) in [5.41, 5.74) is 5.85. The number of hydrogen-bond donors (Lipinski definition) is 2. The summed E-state index contributed by atoms with van der Waals surface area (Å²) in [5, 5.41) is 8.87. The number of nitrogens with zero attached hydrogens (tertiary/aromatic N) is 1. The first-order valence-corrected chi connectivity index (χ1v) is 7.26. The Balaban J connectivity index is 2.27. The quantitative estimate of drug-likeness (QED) is 0.865. The van der Waals surface area contributed by atoms with Crippen molar-refractivity contribution in [1.82, 2.24) is 4.72 Å². The molecule has 1 aliphatic rings. The SMILES string of the molecule is N#Cc1ccc(Cl)c(S(=O)(=O)NC2CC(N)C2)c1. The number of rotatable bonds is 3. The van der Waals surface area contributed by atoms with Crippen LogP contribution < -0.4 is 10.5 Å². The monoisotopic (exact) mass is 285 g/mol. The molecule has 7 heteroatoms. The van der Waals surface area contributed by atoms with Crippen LogP contribution in [0.1, 0.15) is 18.4 Å². The van der Waals surface area contributed by atoms with Gasteiger partial charge in [-0.05, 0) is 31.0 Å². The summed E-state index contributed by atoms with van der Waals surface area (Å²) < 4.78 is 26.7. The van der Waals surface area contributed by atoms with Gasteiger partial charge >= 0.3 is 0 Å². The van der Waals surface area contributed by atoms with Crippen LogP contribution in [0.25, 0.3) is 0 Å². The zero-order valence-corrected chi connectivity index (χ0v) is 11.0. The van der Waals surface area contributed by atoms with Gasteiger partial charge in [-0.1, -0.05) is 11.6 Å². The number of nitrogens with one attached hydrogen (secondary N) is 1. The standard InChI is InChI=1S/C11H12ClN3O2S/c12-10-2-1-7(6-13)3-11(10)18(16,17)15-9-4-8(14)5-9/h1-3,8-9,15H,4-5,14H2. The van der Waals surface area contributed by atoms with E-state index in [-0.39, 0.29) is 27.6 Å². The van der Waals surface area contributed by atoms with E-state index in [1.165, 1.54) is 18.2 Å². The fourth-order valence-corrected chi connectivity index (χ4v) is 3.61. The normalized spacial score (nSPS) is 23.2. The molecule has 0 spiro atoms. The van der Waals surface area contributed by atoms with E-state index in [0.29, 0.717) is 12.8 Å². The van der Waals surface area contributed by atoms with Crippen molar-refractivity contribution in [3.05, 3.63) is 28.8 Å². The second-order valence-corrected chi connectivity index (χ2v) is 6.40. The molecule has 1 aromatic carbocycles. The third-order valence-electron chi connectivity index (χ3n) is 2.85. The van der Waals surface area contributed by atoms with Crippen LogP contribution in [0.2, 0.25) is 5.02 Å². The molecule has 0 aromatic heterocycles. The first kappa shape index (κ1) is 13.3. The van der Waals surface area contributed by atoms with Crippen molar-refractivity contribution in [3.8, 4) is 6.07 Å². The molecule has 0 aliphatic heterocycles. The third kappa shape index (κ3) is 2.65. The van der Waals surface area contributed by atoms with E-state index < -0.39 is 10.0 Å². The van der Waals surface area contributed by atoms with Crippen molar-refractivity contribution >= 4 is 21.6 Å². The molecule has 0 radical (unpaired) electrons. The molecular formula is C11H12ClN3O2S.